The molecule has 2 atom stereocenters. The van der Waals surface area contributed by atoms with Gasteiger partial charge in [0.05, 0.1) is 18.6 Å². The third-order valence-corrected chi connectivity index (χ3v) is 3.74. The zero-order valence-corrected chi connectivity index (χ0v) is 13.5. The first-order valence-electron chi connectivity index (χ1n) is 7.63. The highest BCUT2D eigenvalue weighted by Crippen LogP contribution is 2.27. The molecule has 126 valence electrons. The van der Waals surface area contributed by atoms with Gasteiger partial charge in [-0.1, -0.05) is 13.8 Å². The molecule has 7 nitrogen and oxygen atoms in total. The highest BCUT2D eigenvalue weighted by atomic mass is 16.5. The van der Waals surface area contributed by atoms with Crippen LogP contribution in [0.4, 0.5) is 0 Å². The molecule has 0 aromatic carbocycles. The lowest BCUT2D eigenvalue weighted by Gasteiger charge is -2.31. The normalized spacial score (nSPS) is 22.9. The first-order valence-corrected chi connectivity index (χ1v) is 7.63. The summed E-state index contributed by atoms with van der Waals surface area (Å²) in [5, 5.41) is 14.1. The molecule has 7 heteroatoms. The molecule has 1 unspecified atom stereocenters. The number of carboxylic acid groups (broad SMARTS) is 1. The van der Waals surface area contributed by atoms with E-state index in [0.29, 0.717) is 26.1 Å². The van der Waals surface area contributed by atoms with Crippen molar-refractivity contribution in [2.75, 3.05) is 19.8 Å². The predicted molar refractivity (Wildman–Crippen MR) is 80.2 cm³/mol. The van der Waals surface area contributed by atoms with Crippen LogP contribution in [-0.4, -0.2) is 48.7 Å². The summed E-state index contributed by atoms with van der Waals surface area (Å²) in [4.78, 5) is 35.0. The molecule has 0 bridgehead atoms. The molecule has 0 radical (unpaired) electrons. The van der Waals surface area contributed by atoms with Crippen molar-refractivity contribution >= 4 is 17.8 Å². The third-order valence-electron chi connectivity index (χ3n) is 3.74. The lowest BCUT2D eigenvalue weighted by Crippen LogP contribution is -2.50. The molecule has 1 saturated heterocycles. The van der Waals surface area contributed by atoms with Crippen LogP contribution in [0, 0.1) is 11.3 Å². The van der Waals surface area contributed by atoms with Crippen LogP contribution >= 0.6 is 0 Å². The quantitative estimate of drug-likeness (QED) is 0.636. The van der Waals surface area contributed by atoms with E-state index >= 15 is 0 Å². The van der Waals surface area contributed by atoms with Crippen molar-refractivity contribution in [1.29, 1.82) is 0 Å². The fourth-order valence-corrected chi connectivity index (χ4v) is 2.43. The molecule has 1 aliphatic rings. The molecular formula is C15H26N2O5. The highest BCUT2D eigenvalue weighted by molar-refractivity contribution is 5.89. The molecule has 0 aromatic rings. The molecule has 22 heavy (non-hydrogen) atoms. The second-order valence-corrected chi connectivity index (χ2v) is 6.49. The first kappa shape index (κ1) is 18.4. The maximum absolute atomic E-state index is 12.1. The number of hydrogen-bond donors (Lipinski definition) is 3. The summed E-state index contributed by atoms with van der Waals surface area (Å²) >= 11 is 0. The van der Waals surface area contributed by atoms with E-state index in [1.165, 1.54) is 0 Å². The van der Waals surface area contributed by atoms with Gasteiger partial charge in [-0.3, -0.25) is 9.59 Å². The molecule has 1 heterocycles. The molecule has 0 spiro atoms. The Bertz CT molecular complexity index is 416. The van der Waals surface area contributed by atoms with Gasteiger partial charge in [0, 0.05) is 6.61 Å². The summed E-state index contributed by atoms with van der Waals surface area (Å²) in [5.41, 5.74) is -0.622. The van der Waals surface area contributed by atoms with Gasteiger partial charge < -0.3 is 20.5 Å². The molecule has 3 N–H and O–H groups in total. The molecule has 0 aromatic heterocycles. The molecule has 2 amide bonds. The van der Waals surface area contributed by atoms with Crippen molar-refractivity contribution < 1.29 is 24.2 Å². The summed E-state index contributed by atoms with van der Waals surface area (Å²) in [7, 11) is 0. The molecular weight excluding hydrogens is 288 g/mol. The number of ether oxygens (including phenoxy) is 1. The largest absolute Gasteiger partial charge is 0.480 e. The predicted octanol–water partition coefficient (Wildman–Crippen LogP) is 0.535. The van der Waals surface area contributed by atoms with Gasteiger partial charge in [-0.25, -0.2) is 4.79 Å². The van der Waals surface area contributed by atoms with Gasteiger partial charge >= 0.3 is 5.97 Å². The Kier molecular flexibility index (Phi) is 6.80. The third kappa shape index (κ3) is 5.63. The Hall–Kier alpha value is -1.63. The lowest BCUT2D eigenvalue weighted by atomic mass is 9.84. The van der Waals surface area contributed by atoms with Gasteiger partial charge in [-0.05, 0) is 32.1 Å². The zero-order valence-electron chi connectivity index (χ0n) is 13.5. The van der Waals surface area contributed by atoms with Crippen molar-refractivity contribution in [2.45, 2.75) is 46.1 Å². The van der Waals surface area contributed by atoms with Crippen LogP contribution in [0.25, 0.3) is 0 Å². The lowest BCUT2D eigenvalue weighted by molar-refractivity contribution is -0.142. The SMILES string of the molecule is CC(C)C[C@H](NC(=O)CNC(=O)C1(C)CCCOC1)C(=O)O. The molecule has 1 aliphatic heterocycles. The van der Waals surface area contributed by atoms with E-state index in [1.54, 1.807) is 6.92 Å². The van der Waals surface area contributed by atoms with E-state index in [4.69, 9.17) is 9.84 Å². The number of hydrogen-bond acceptors (Lipinski definition) is 4. The maximum atomic E-state index is 12.1. The van der Waals surface area contributed by atoms with Crippen LogP contribution in [0.15, 0.2) is 0 Å². The van der Waals surface area contributed by atoms with Gasteiger partial charge in [0.2, 0.25) is 11.8 Å². The number of amides is 2. The van der Waals surface area contributed by atoms with Gasteiger partial charge in [0.25, 0.3) is 0 Å². The second kappa shape index (κ2) is 8.12. The van der Waals surface area contributed by atoms with E-state index in [0.717, 1.165) is 6.42 Å². The van der Waals surface area contributed by atoms with E-state index in [1.807, 2.05) is 13.8 Å². The Morgan fingerprint density at radius 3 is 2.50 bits per heavy atom. The van der Waals surface area contributed by atoms with Crippen molar-refractivity contribution in [3.05, 3.63) is 0 Å². The smallest absolute Gasteiger partial charge is 0.326 e. The summed E-state index contributed by atoms with van der Waals surface area (Å²) in [6.45, 7) is 6.33. The fourth-order valence-electron chi connectivity index (χ4n) is 2.43. The highest BCUT2D eigenvalue weighted by Gasteiger charge is 2.35. The molecule has 1 fully saturated rings. The summed E-state index contributed by atoms with van der Waals surface area (Å²) < 4.78 is 5.31. The number of carbonyl (C=O) groups is 3. The van der Waals surface area contributed by atoms with E-state index in [9.17, 15) is 14.4 Å². The van der Waals surface area contributed by atoms with E-state index < -0.39 is 23.3 Å². The van der Waals surface area contributed by atoms with Crippen LogP contribution in [0.3, 0.4) is 0 Å². The maximum Gasteiger partial charge on any atom is 0.326 e. The van der Waals surface area contributed by atoms with Crippen molar-refractivity contribution in [1.82, 2.24) is 10.6 Å². The van der Waals surface area contributed by atoms with Crippen LogP contribution in [0.2, 0.25) is 0 Å². The number of nitrogens with one attached hydrogen (secondary N) is 2. The Balaban J connectivity index is 2.44. The van der Waals surface area contributed by atoms with Crippen LogP contribution < -0.4 is 10.6 Å². The minimum Gasteiger partial charge on any atom is -0.480 e. The van der Waals surface area contributed by atoms with E-state index in [2.05, 4.69) is 10.6 Å². The minimum atomic E-state index is -1.07. The van der Waals surface area contributed by atoms with Crippen LogP contribution in [0.1, 0.15) is 40.0 Å². The summed E-state index contributed by atoms with van der Waals surface area (Å²) in [6.07, 6.45) is 1.87. The minimum absolute atomic E-state index is 0.147. The number of rotatable bonds is 7. The Morgan fingerprint density at radius 2 is 2.00 bits per heavy atom. The summed E-state index contributed by atoms with van der Waals surface area (Å²) in [5.74, 6) is -1.66. The van der Waals surface area contributed by atoms with Crippen LogP contribution in [0.5, 0.6) is 0 Å². The van der Waals surface area contributed by atoms with Crippen molar-refractivity contribution in [3.63, 3.8) is 0 Å². The van der Waals surface area contributed by atoms with Gasteiger partial charge in [-0.15, -0.1) is 0 Å². The Labute approximate surface area is 130 Å². The topological polar surface area (TPSA) is 105 Å². The number of carbonyl (C=O) groups excluding carboxylic acids is 2. The van der Waals surface area contributed by atoms with Crippen molar-refractivity contribution in [2.24, 2.45) is 11.3 Å². The number of aliphatic carboxylic acids is 1. The summed E-state index contributed by atoms with van der Waals surface area (Å²) in [6, 6.07) is -0.932. The van der Waals surface area contributed by atoms with E-state index in [-0.39, 0.29) is 18.4 Å². The molecule has 1 rings (SSSR count). The van der Waals surface area contributed by atoms with Gasteiger partial charge in [0.15, 0.2) is 0 Å². The zero-order chi connectivity index (χ0) is 16.8. The standard InChI is InChI=1S/C15H26N2O5/c1-10(2)7-11(13(19)20)17-12(18)8-16-14(21)15(3)5-4-6-22-9-15/h10-11H,4-9H2,1-3H3,(H,16,21)(H,17,18)(H,19,20)/t11-,15?/m0/s1. The molecule has 0 saturated carbocycles. The number of carboxylic acids is 1. The second-order valence-electron chi connectivity index (χ2n) is 6.49. The first-order chi connectivity index (χ1) is 10.2. The Morgan fingerprint density at radius 1 is 1.32 bits per heavy atom. The average molecular weight is 314 g/mol. The fraction of sp³-hybridized carbons (Fsp3) is 0.800. The monoisotopic (exact) mass is 314 g/mol. The van der Waals surface area contributed by atoms with Crippen LogP contribution in [-0.2, 0) is 19.1 Å². The van der Waals surface area contributed by atoms with Crippen molar-refractivity contribution in [3.8, 4) is 0 Å². The van der Waals surface area contributed by atoms with Gasteiger partial charge in [-0.2, -0.15) is 0 Å². The average Bonchev–Trinajstić information content (AvgIpc) is 2.44. The molecule has 0 aliphatic carbocycles. The van der Waals surface area contributed by atoms with Gasteiger partial charge in [0.1, 0.15) is 6.04 Å².